The summed E-state index contributed by atoms with van der Waals surface area (Å²) < 4.78 is 5.39. The van der Waals surface area contributed by atoms with Crippen LogP contribution in [0.4, 0.5) is 0 Å². The van der Waals surface area contributed by atoms with Crippen LogP contribution in [0.2, 0.25) is 0 Å². The molecule has 0 aromatic rings. The van der Waals surface area contributed by atoms with Gasteiger partial charge in [0.1, 0.15) is 23.2 Å². The fraction of sp³-hybridized carbons (Fsp3) is 0.419. The first kappa shape index (κ1) is 30.7. The van der Waals surface area contributed by atoms with Crippen molar-refractivity contribution in [2.45, 2.75) is 77.6 Å². The van der Waals surface area contributed by atoms with Crippen molar-refractivity contribution >= 4 is 23.4 Å². The summed E-state index contributed by atoms with van der Waals surface area (Å²) in [6, 6.07) is 0. The van der Waals surface area contributed by atoms with E-state index in [0.29, 0.717) is 11.5 Å². The second kappa shape index (κ2) is 13.5. The van der Waals surface area contributed by atoms with E-state index in [2.05, 4.69) is 30.6 Å². The molecule has 2 aliphatic carbocycles. The molecule has 3 aliphatic rings. The maximum absolute atomic E-state index is 12.8. The van der Waals surface area contributed by atoms with Crippen molar-refractivity contribution in [2.75, 3.05) is 0 Å². The summed E-state index contributed by atoms with van der Waals surface area (Å²) in [4.78, 5) is 49.0. The van der Waals surface area contributed by atoms with Crippen LogP contribution in [0.5, 0.6) is 0 Å². The van der Waals surface area contributed by atoms with Gasteiger partial charge in [-0.3, -0.25) is 19.2 Å². The van der Waals surface area contributed by atoms with E-state index in [1.807, 2.05) is 6.92 Å². The van der Waals surface area contributed by atoms with Crippen molar-refractivity contribution in [1.29, 1.82) is 0 Å². The maximum Gasteiger partial charge on any atom is 0.251 e. The number of carbonyl (C=O) groups is 4. The Morgan fingerprint density at radius 1 is 1.15 bits per heavy atom. The van der Waals surface area contributed by atoms with Gasteiger partial charge in [-0.05, 0) is 38.3 Å². The molecule has 2 amide bonds. The second-order valence-electron chi connectivity index (χ2n) is 10.4. The van der Waals surface area contributed by atoms with Crippen molar-refractivity contribution in [1.82, 2.24) is 10.6 Å². The zero-order valence-corrected chi connectivity index (χ0v) is 23.4. The molecule has 1 aliphatic heterocycles. The number of carbonyl (C=O) groups excluding carboxylic acids is 4. The topological polar surface area (TPSA) is 145 Å². The Bertz CT molecular complexity index is 1260. The lowest BCUT2D eigenvalue weighted by atomic mass is 9.88. The number of hydrogen-bond acceptors (Lipinski definition) is 7. The fourth-order valence-electron chi connectivity index (χ4n) is 4.61. The molecule has 1 fully saturated rings. The van der Waals surface area contributed by atoms with E-state index < -0.39 is 35.4 Å². The zero-order chi connectivity index (χ0) is 29.4. The molecule has 4 N–H and O–H groups in total. The minimum atomic E-state index is -1.61. The lowest BCUT2D eigenvalue weighted by Crippen LogP contribution is -2.42. The molecular weight excluding hydrogens is 512 g/mol. The number of aliphatic hydroxyl groups is 2. The highest BCUT2D eigenvalue weighted by molar-refractivity contribution is 6.07. The average Bonchev–Trinajstić information content (AvgIpc) is 3.66. The Morgan fingerprint density at radius 2 is 1.88 bits per heavy atom. The van der Waals surface area contributed by atoms with Crippen LogP contribution in [0.25, 0.3) is 0 Å². The summed E-state index contributed by atoms with van der Waals surface area (Å²) in [6.07, 6.45) is 16.0. The van der Waals surface area contributed by atoms with Gasteiger partial charge in [-0.1, -0.05) is 68.7 Å². The SMILES string of the molecule is CCCC[C@@H](C)/C=C(C)/C=C(\C)C(=O)NC1=C[C@@](O)(/C=C/C=C/C=C/C(=O)NC2=C(O)CCC2=O)[C@@H]2O[C@@H]2C1=O. The van der Waals surface area contributed by atoms with E-state index in [9.17, 15) is 29.4 Å². The number of nitrogens with one attached hydrogen (secondary N) is 2. The fourth-order valence-corrected chi connectivity index (χ4v) is 4.61. The van der Waals surface area contributed by atoms with Gasteiger partial charge in [-0.25, -0.2) is 0 Å². The molecule has 0 bridgehead atoms. The molecule has 4 atom stereocenters. The molecule has 1 heterocycles. The number of unbranched alkanes of at least 4 members (excludes halogenated alkanes) is 1. The Hall–Kier alpha value is -3.82. The Labute approximate surface area is 234 Å². The number of fused-ring (bicyclic) bond motifs is 1. The third-order valence-corrected chi connectivity index (χ3v) is 6.81. The number of hydrogen-bond donors (Lipinski definition) is 4. The number of allylic oxidation sites excluding steroid dienone is 9. The third-order valence-electron chi connectivity index (χ3n) is 6.81. The van der Waals surface area contributed by atoms with E-state index in [1.165, 1.54) is 36.5 Å². The van der Waals surface area contributed by atoms with Crippen LogP contribution in [0.1, 0.15) is 59.8 Å². The summed E-state index contributed by atoms with van der Waals surface area (Å²) in [5.41, 5.74) is -0.310. The van der Waals surface area contributed by atoms with Crippen LogP contribution in [0, 0.1) is 5.92 Å². The molecule has 214 valence electrons. The number of ether oxygens (including phenoxy) is 1. The molecular formula is C31H38N2O7. The highest BCUT2D eigenvalue weighted by Gasteiger charge is 2.59. The quantitative estimate of drug-likeness (QED) is 0.165. The van der Waals surface area contributed by atoms with Crippen LogP contribution in [0.15, 0.2) is 83.0 Å². The minimum absolute atomic E-state index is 0.0267. The lowest BCUT2D eigenvalue weighted by Gasteiger charge is -2.23. The van der Waals surface area contributed by atoms with Gasteiger partial charge in [0.15, 0.2) is 11.9 Å². The van der Waals surface area contributed by atoms with Crippen LogP contribution in [-0.2, 0) is 23.9 Å². The Balaban J connectivity index is 1.60. The lowest BCUT2D eigenvalue weighted by molar-refractivity contribution is -0.121. The third kappa shape index (κ3) is 8.09. The molecule has 40 heavy (non-hydrogen) atoms. The van der Waals surface area contributed by atoms with Gasteiger partial charge in [0, 0.05) is 24.5 Å². The first-order valence-electron chi connectivity index (χ1n) is 13.6. The van der Waals surface area contributed by atoms with Crippen LogP contribution in [0.3, 0.4) is 0 Å². The molecule has 0 aromatic carbocycles. The summed E-state index contributed by atoms with van der Waals surface area (Å²) in [5.74, 6) is -1.43. The van der Waals surface area contributed by atoms with Gasteiger partial charge < -0.3 is 25.6 Å². The minimum Gasteiger partial charge on any atom is -0.510 e. The van der Waals surface area contributed by atoms with Crippen molar-refractivity contribution in [3.8, 4) is 0 Å². The first-order valence-corrected chi connectivity index (χ1v) is 13.6. The van der Waals surface area contributed by atoms with Gasteiger partial charge in [-0.2, -0.15) is 0 Å². The van der Waals surface area contributed by atoms with Gasteiger partial charge in [-0.15, -0.1) is 0 Å². The predicted molar refractivity (Wildman–Crippen MR) is 151 cm³/mol. The number of aliphatic hydroxyl groups excluding tert-OH is 1. The van der Waals surface area contributed by atoms with Crippen molar-refractivity contribution in [2.24, 2.45) is 5.92 Å². The molecule has 0 saturated carbocycles. The van der Waals surface area contributed by atoms with E-state index in [-0.39, 0.29) is 35.8 Å². The van der Waals surface area contributed by atoms with Crippen LogP contribution < -0.4 is 10.6 Å². The normalized spacial score (nSPS) is 26.1. The van der Waals surface area contributed by atoms with E-state index in [4.69, 9.17) is 4.74 Å². The van der Waals surface area contributed by atoms with E-state index in [0.717, 1.165) is 24.8 Å². The average molecular weight is 551 g/mol. The van der Waals surface area contributed by atoms with Gasteiger partial charge >= 0.3 is 0 Å². The molecule has 1 saturated heterocycles. The second-order valence-corrected chi connectivity index (χ2v) is 10.4. The maximum atomic E-state index is 12.8. The van der Waals surface area contributed by atoms with E-state index in [1.54, 1.807) is 19.1 Å². The van der Waals surface area contributed by atoms with Crippen molar-refractivity contribution < 1.29 is 34.1 Å². The molecule has 3 rings (SSSR count). The zero-order valence-electron chi connectivity index (χ0n) is 23.4. The van der Waals surface area contributed by atoms with Crippen LogP contribution >= 0.6 is 0 Å². The van der Waals surface area contributed by atoms with Gasteiger partial charge in [0.05, 0.1) is 5.70 Å². The van der Waals surface area contributed by atoms with Crippen molar-refractivity contribution in [3.63, 3.8) is 0 Å². The summed E-state index contributed by atoms with van der Waals surface area (Å²) >= 11 is 0. The largest absolute Gasteiger partial charge is 0.510 e. The number of ketones is 2. The highest BCUT2D eigenvalue weighted by atomic mass is 16.6. The van der Waals surface area contributed by atoms with Gasteiger partial charge in [0.25, 0.3) is 5.91 Å². The van der Waals surface area contributed by atoms with Crippen LogP contribution in [-0.4, -0.2) is 51.4 Å². The Morgan fingerprint density at radius 3 is 2.55 bits per heavy atom. The summed E-state index contributed by atoms with van der Waals surface area (Å²) in [7, 11) is 0. The molecule has 0 aromatic heterocycles. The standard InChI is InChI=1S/C31H38N2O7/c1-5-6-11-19(2)16-20(3)17-21(4)30(38)32-22-18-31(39,29-28(40-29)27(22)37)15-10-8-7-9-12-25(36)33-26-23(34)13-14-24(26)35/h7-10,12,15-19,28-29,34,39H,5-6,11,13-14H2,1-4H3,(H,32,38)(H,33,36)/b8-7+,12-9+,15-10+,20-16+,21-17+/t19-,28-,29-,31+/m1/s1. The Kier molecular flexibility index (Phi) is 10.4. The number of Topliss-reactive ketones (excluding diaryl/α,β-unsaturated/α-hetero) is 2. The first-order chi connectivity index (χ1) is 18.9. The monoisotopic (exact) mass is 550 g/mol. The smallest absolute Gasteiger partial charge is 0.251 e. The summed E-state index contributed by atoms with van der Waals surface area (Å²) in [6.45, 7) is 7.90. The molecule has 0 spiro atoms. The molecule has 9 heteroatoms. The number of epoxide rings is 1. The molecule has 0 unspecified atom stereocenters. The number of rotatable bonds is 12. The van der Waals surface area contributed by atoms with E-state index >= 15 is 0 Å². The molecule has 0 radical (unpaired) electrons. The predicted octanol–water partition coefficient (Wildman–Crippen LogP) is 3.70. The molecule has 9 nitrogen and oxygen atoms in total. The number of amides is 2. The van der Waals surface area contributed by atoms with Crippen molar-refractivity contribution in [3.05, 3.63) is 83.0 Å². The van der Waals surface area contributed by atoms with Gasteiger partial charge in [0.2, 0.25) is 11.7 Å². The summed E-state index contributed by atoms with van der Waals surface area (Å²) in [5, 5.41) is 25.7. The highest BCUT2D eigenvalue weighted by Crippen LogP contribution is 2.40.